The molecule has 0 rings (SSSR count). The molecule has 4 N–H and O–H groups in total. The number of hydrogen-bond acceptors (Lipinski definition) is 4. The molecule has 3 unspecified atom stereocenters. The van der Waals surface area contributed by atoms with Crippen LogP contribution in [-0.4, -0.2) is 52.2 Å². The summed E-state index contributed by atoms with van der Waals surface area (Å²) in [5.41, 5.74) is 5.26. The molecule has 0 fully saturated rings. The predicted octanol–water partition coefficient (Wildman–Crippen LogP) is 1.59. The van der Waals surface area contributed by atoms with Gasteiger partial charge in [0.25, 0.3) is 0 Å². The predicted molar refractivity (Wildman–Crippen MR) is 95.1 cm³/mol. The fourth-order valence-corrected chi connectivity index (χ4v) is 2.53. The Morgan fingerprint density at radius 3 is 2.12 bits per heavy atom. The van der Waals surface area contributed by atoms with Gasteiger partial charge in [0.15, 0.2) is 0 Å². The van der Waals surface area contributed by atoms with Crippen LogP contribution in [0.4, 0.5) is 0 Å². The lowest BCUT2D eigenvalue weighted by Crippen LogP contribution is -2.44. The van der Waals surface area contributed by atoms with E-state index in [-0.39, 0.29) is 25.4 Å². The molecule has 0 spiro atoms. The number of amides is 2. The fourth-order valence-electron chi connectivity index (χ4n) is 2.53. The van der Waals surface area contributed by atoms with E-state index in [0.29, 0.717) is 0 Å². The zero-order valence-corrected chi connectivity index (χ0v) is 15.3. The van der Waals surface area contributed by atoms with E-state index in [9.17, 15) is 19.8 Å². The number of aliphatic hydroxyl groups is 2. The normalized spacial score (nSPS) is 15.2. The van der Waals surface area contributed by atoms with Crippen LogP contribution in [-0.2, 0) is 9.59 Å². The monoisotopic (exact) mass is 342 g/mol. The summed E-state index contributed by atoms with van der Waals surface area (Å²) in [4.78, 5) is 25.3. The zero-order chi connectivity index (χ0) is 18.5. The first kappa shape index (κ1) is 22.6. The smallest absolute Gasteiger partial charge is 0.230 e. The summed E-state index contributed by atoms with van der Waals surface area (Å²) in [7, 11) is 0. The second-order valence-electron chi connectivity index (χ2n) is 6.50. The van der Waals surface area contributed by atoms with Crippen LogP contribution >= 0.6 is 0 Å². The van der Waals surface area contributed by atoms with Gasteiger partial charge in [-0.05, 0) is 26.7 Å². The minimum absolute atomic E-state index is 0.0690. The lowest BCUT2D eigenvalue weighted by molar-refractivity contribution is -0.138. The first-order chi connectivity index (χ1) is 11.3. The van der Waals surface area contributed by atoms with Gasteiger partial charge in [0.2, 0.25) is 11.8 Å². The lowest BCUT2D eigenvalue weighted by Gasteiger charge is -2.28. The SMILES string of the molecule is CCCCCCC=CC(CC(N)=O)C(=O)N(CC(C)O)CC(C)O. The first-order valence-electron chi connectivity index (χ1n) is 8.87. The average molecular weight is 342 g/mol. The van der Waals surface area contributed by atoms with Gasteiger partial charge in [-0.1, -0.05) is 38.3 Å². The highest BCUT2D eigenvalue weighted by atomic mass is 16.3. The second kappa shape index (κ2) is 13.0. The van der Waals surface area contributed by atoms with Crippen LogP contribution in [0.5, 0.6) is 0 Å². The van der Waals surface area contributed by atoms with E-state index in [1.54, 1.807) is 19.9 Å². The van der Waals surface area contributed by atoms with Crippen LogP contribution in [0.3, 0.4) is 0 Å². The van der Waals surface area contributed by atoms with Crippen molar-refractivity contribution in [3.8, 4) is 0 Å². The van der Waals surface area contributed by atoms with Gasteiger partial charge in [0.1, 0.15) is 0 Å². The Balaban J connectivity index is 4.86. The molecule has 0 aromatic rings. The molecular weight excluding hydrogens is 308 g/mol. The summed E-state index contributed by atoms with van der Waals surface area (Å²) in [5, 5.41) is 19.1. The van der Waals surface area contributed by atoms with Gasteiger partial charge < -0.3 is 20.8 Å². The van der Waals surface area contributed by atoms with Crippen LogP contribution in [0, 0.1) is 5.92 Å². The fraction of sp³-hybridized carbons (Fsp3) is 0.778. The van der Waals surface area contributed by atoms with Crippen LogP contribution < -0.4 is 5.73 Å². The maximum absolute atomic E-state index is 12.7. The Labute approximate surface area is 145 Å². The van der Waals surface area contributed by atoms with Crippen LogP contribution in [0.25, 0.3) is 0 Å². The van der Waals surface area contributed by atoms with Crippen LogP contribution in [0.15, 0.2) is 12.2 Å². The van der Waals surface area contributed by atoms with Crippen LogP contribution in [0.1, 0.15) is 59.3 Å². The summed E-state index contributed by atoms with van der Waals surface area (Å²) in [6, 6.07) is 0. The van der Waals surface area contributed by atoms with Crippen molar-refractivity contribution in [2.75, 3.05) is 13.1 Å². The summed E-state index contributed by atoms with van der Waals surface area (Å²) < 4.78 is 0. The largest absolute Gasteiger partial charge is 0.392 e. The molecule has 0 saturated heterocycles. The number of carbonyl (C=O) groups is 2. The Morgan fingerprint density at radius 2 is 1.67 bits per heavy atom. The van der Waals surface area contributed by atoms with Gasteiger partial charge in [-0.3, -0.25) is 9.59 Å². The third-order valence-electron chi connectivity index (χ3n) is 3.61. The van der Waals surface area contributed by atoms with Crippen molar-refractivity contribution in [1.82, 2.24) is 4.90 Å². The number of primary amides is 1. The molecule has 6 nitrogen and oxygen atoms in total. The number of aliphatic hydroxyl groups excluding tert-OH is 2. The van der Waals surface area contributed by atoms with Crippen molar-refractivity contribution >= 4 is 11.8 Å². The van der Waals surface area contributed by atoms with E-state index < -0.39 is 24.0 Å². The number of carbonyl (C=O) groups excluding carboxylic acids is 2. The highest BCUT2D eigenvalue weighted by molar-refractivity contribution is 5.86. The van der Waals surface area contributed by atoms with Crippen molar-refractivity contribution in [2.24, 2.45) is 11.7 Å². The number of unbranched alkanes of at least 4 members (excludes halogenated alkanes) is 4. The van der Waals surface area contributed by atoms with Crippen molar-refractivity contribution in [3.63, 3.8) is 0 Å². The van der Waals surface area contributed by atoms with Crippen molar-refractivity contribution in [1.29, 1.82) is 0 Å². The molecule has 0 heterocycles. The maximum atomic E-state index is 12.7. The number of hydrogen-bond donors (Lipinski definition) is 3. The standard InChI is InChI=1S/C18H34N2O4/c1-4-5-6-7-8-9-10-16(11-17(19)23)18(24)20(12-14(2)21)13-15(3)22/h9-10,14-16,21-22H,4-8,11-13H2,1-3H3,(H2,19,23). The molecule has 0 saturated carbocycles. The van der Waals surface area contributed by atoms with Gasteiger partial charge in [-0.2, -0.15) is 0 Å². The highest BCUT2D eigenvalue weighted by Gasteiger charge is 2.25. The van der Waals surface area contributed by atoms with Gasteiger partial charge in [-0.15, -0.1) is 0 Å². The number of rotatable bonds is 13. The molecule has 0 aliphatic heterocycles. The Bertz CT molecular complexity index is 384. The van der Waals surface area contributed by atoms with E-state index in [1.165, 1.54) is 17.7 Å². The molecule has 6 heteroatoms. The summed E-state index contributed by atoms with van der Waals surface area (Å²) >= 11 is 0. The number of nitrogens with two attached hydrogens (primary N) is 1. The molecule has 2 amide bonds. The van der Waals surface area contributed by atoms with Crippen molar-refractivity contribution < 1.29 is 19.8 Å². The zero-order valence-electron chi connectivity index (χ0n) is 15.3. The summed E-state index contributed by atoms with van der Waals surface area (Å²) in [5.74, 6) is -1.48. The molecule has 0 aromatic heterocycles. The van der Waals surface area contributed by atoms with E-state index >= 15 is 0 Å². The molecule has 24 heavy (non-hydrogen) atoms. The lowest BCUT2D eigenvalue weighted by atomic mass is 10.0. The Hall–Kier alpha value is -1.40. The minimum Gasteiger partial charge on any atom is -0.392 e. The summed E-state index contributed by atoms with van der Waals surface area (Å²) in [6.07, 6.45) is 7.57. The van der Waals surface area contributed by atoms with Crippen LogP contribution in [0.2, 0.25) is 0 Å². The molecular formula is C18H34N2O4. The van der Waals surface area contributed by atoms with Gasteiger partial charge in [-0.25, -0.2) is 0 Å². The van der Waals surface area contributed by atoms with Gasteiger partial charge >= 0.3 is 0 Å². The first-order valence-corrected chi connectivity index (χ1v) is 8.87. The van der Waals surface area contributed by atoms with Crippen molar-refractivity contribution in [3.05, 3.63) is 12.2 Å². The minimum atomic E-state index is -0.708. The number of allylic oxidation sites excluding steroid dienone is 1. The topological polar surface area (TPSA) is 104 Å². The van der Waals surface area contributed by atoms with Gasteiger partial charge in [0, 0.05) is 19.5 Å². The molecule has 0 aliphatic rings. The Morgan fingerprint density at radius 1 is 1.08 bits per heavy atom. The maximum Gasteiger partial charge on any atom is 0.230 e. The highest BCUT2D eigenvalue weighted by Crippen LogP contribution is 2.13. The molecule has 0 aromatic carbocycles. The molecule has 0 bridgehead atoms. The third kappa shape index (κ3) is 11.2. The Kier molecular flexibility index (Phi) is 12.2. The molecule has 3 atom stereocenters. The van der Waals surface area contributed by atoms with Crippen molar-refractivity contribution in [2.45, 2.75) is 71.5 Å². The molecule has 0 radical (unpaired) electrons. The second-order valence-corrected chi connectivity index (χ2v) is 6.50. The molecule has 140 valence electrons. The van der Waals surface area contributed by atoms with E-state index in [0.717, 1.165) is 19.3 Å². The van der Waals surface area contributed by atoms with E-state index in [4.69, 9.17) is 5.73 Å². The third-order valence-corrected chi connectivity index (χ3v) is 3.61. The average Bonchev–Trinajstić information content (AvgIpc) is 2.46. The summed E-state index contributed by atoms with van der Waals surface area (Å²) in [6.45, 7) is 5.53. The number of nitrogens with zero attached hydrogens (tertiary/aromatic N) is 1. The van der Waals surface area contributed by atoms with E-state index in [1.807, 2.05) is 6.08 Å². The quantitative estimate of drug-likeness (QED) is 0.349. The molecule has 0 aliphatic carbocycles. The van der Waals surface area contributed by atoms with E-state index in [2.05, 4.69) is 6.92 Å². The van der Waals surface area contributed by atoms with Gasteiger partial charge in [0.05, 0.1) is 18.1 Å².